The Morgan fingerprint density at radius 3 is 1.94 bits per heavy atom. The summed E-state index contributed by atoms with van der Waals surface area (Å²) in [6.07, 6.45) is 0. The number of carbonyl (C=O) groups excluding carboxylic acids is 2. The summed E-state index contributed by atoms with van der Waals surface area (Å²) >= 11 is 0. The zero-order valence-electron chi connectivity index (χ0n) is 10.9. The fourth-order valence-corrected chi connectivity index (χ4v) is 5.37. The molecule has 0 aromatic carbocycles. The highest BCUT2D eigenvalue weighted by Gasteiger charge is 2.50. The van der Waals surface area contributed by atoms with Gasteiger partial charge in [0.2, 0.25) is 0 Å². The topological polar surface area (TPSA) is 61.8 Å². The Bertz CT molecular complexity index is 295. The summed E-state index contributed by atoms with van der Waals surface area (Å²) in [5.74, 6) is -0.771. The quantitative estimate of drug-likeness (QED) is 0.703. The summed E-state index contributed by atoms with van der Waals surface area (Å²) in [5.41, 5.74) is -0.0346. The summed E-state index contributed by atoms with van der Waals surface area (Å²) < 4.78 is 15.9. The number of ether oxygens (including phenoxy) is 1. The third-order valence-electron chi connectivity index (χ3n) is 2.80. The lowest BCUT2D eigenvalue weighted by Gasteiger charge is -2.42. The SMILES string of the molecule is CC[Si](CC1(C)COC1)(OC(C)=O)OC(C)=O. The van der Waals surface area contributed by atoms with E-state index in [0.29, 0.717) is 25.3 Å². The van der Waals surface area contributed by atoms with E-state index in [1.165, 1.54) is 13.8 Å². The standard InChI is InChI=1S/C11H20O5Si/c1-5-17(15-9(2)12,16-10(3)13)8-11(4)6-14-7-11/h5-8H2,1-4H3. The molecular formula is C11H20O5Si. The fourth-order valence-electron chi connectivity index (χ4n) is 2.09. The van der Waals surface area contributed by atoms with Crippen LogP contribution in [0.2, 0.25) is 12.1 Å². The second-order valence-electron chi connectivity index (χ2n) is 4.93. The minimum absolute atomic E-state index is 0.0346. The van der Waals surface area contributed by atoms with Gasteiger partial charge in [0.1, 0.15) is 0 Å². The van der Waals surface area contributed by atoms with Crippen molar-refractivity contribution in [3.8, 4) is 0 Å². The Morgan fingerprint density at radius 2 is 1.71 bits per heavy atom. The molecule has 1 aliphatic rings. The lowest BCUT2D eigenvalue weighted by atomic mass is 9.91. The van der Waals surface area contributed by atoms with E-state index in [1.54, 1.807) is 0 Å². The van der Waals surface area contributed by atoms with Gasteiger partial charge >= 0.3 is 8.56 Å². The number of rotatable bonds is 5. The maximum atomic E-state index is 11.2. The van der Waals surface area contributed by atoms with Gasteiger partial charge in [0.15, 0.2) is 0 Å². The van der Waals surface area contributed by atoms with Crippen molar-refractivity contribution in [3.05, 3.63) is 0 Å². The van der Waals surface area contributed by atoms with Crippen molar-refractivity contribution in [1.29, 1.82) is 0 Å². The molecule has 0 saturated carbocycles. The Balaban J connectivity index is 2.80. The molecule has 0 amide bonds. The number of hydrogen-bond donors (Lipinski definition) is 0. The molecule has 1 aliphatic heterocycles. The minimum Gasteiger partial charge on any atom is -0.485 e. The van der Waals surface area contributed by atoms with Crippen LogP contribution in [0.4, 0.5) is 0 Å². The van der Waals surface area contributed by atoms with Gasteiger partial charge in [0, 0.05) is 31.4 Å². The van der Waals surface area contributed by atoms with E-state index in [0.717, 1.165) is 0 Å². The van der Waals surface area contributed by atoms with Crippen molar-refractivity contribution in [1.82, 2.24) is 0 Å². The average Bonchev–Trinajstić information content (AvgIpc) is 2.13. The lowest BCUT2D eigenvalue weighted by Crippen LogP contribution is -2.53. The van der Waals surface area contributed by atoms with E-state index >= 15 is 0 Å². The highest BCUT2D eigenvalue weighted by atomic mass is 28.4. The Kier molecular flexibility index (Phi) is 4.32. The molecule has 17 heavy (non-hydrogen) atoms. The minimum atomic E-state index is -2.78. The smallest absolute Gasteiger partial charge is 0.464 e. The molecule has 1 fully saturated rings. The third-order valence-corrected chi connectivity index (χ3v) is 6.58. The maximum absolute atomic E-state index is 11.2. The Morgan fingerprint density at radius 1 is 1.24 bits per heavy atom. The van der Waals surface area contributed by atoms with Gasteiger partial charge in [-0.1, -0.05) is 13.8 Å². The first-order chi connectivity index (χ1) is 7.81. The van der Waals surface area contributed by atoms with Crippen LogP contribution in [-0.4, -0.2) is 33.7 Å². The molecule has 98 valence electrons. The number of hydrogen-bond acceptors (Lipinski definition) is 5. The Labute approximate surface area is 103 Å². The van der Waals surface area contributed by atoms with Crippen molar-refractivity contribution in [3.63, 3.8) is 0 Å². The zero-order chi connectivity index (χ0) is 13.1. The zero-order valence-corrected chi connectivity index (χ0v) is 11.9. The highest BCUT2D eigenvalue weighted by Crippen LogP contribution is 2.38. The molecule has 0 bridgehead atoms. The van der Waals surface area contributed by atoms with Gasteiger partial charge < -0.3 is 13.6 Å². The molecule has 0 aliphatic carbocycles. The van der Waals surface area contributed by atoms with Crippen LogP contribution in [0, 0.1) is 5.41 Å². The van der Waals surface area contributed by atoms with Crippen LogP contribution in [0.5, 0.6) is 0 Å². The van der Waals surface area contributed by atoms with E-state index < -0.39 is 8.56 Å². The summed E-state index contributed by atoms with van der Waals surface area (Å²) in [5, 5.41) is 0. The second kappa shape index (κ2) is 5.18. The van der Waals surface area contributed by atoms with Crippen molar-refractivity contribution in [2.24, 2.45) is 5.41 Å². The van der Waals surface area contributed by atoms with E-state index in [2.05, 4.69) is 6.92 Å². The van der Waals surface area contributed by atoms with Crippen molar-refractivity contribution in [2.45, 2.75) is 39.8 Å². The van der Waals surface area contributed by atoms with E-state index in [1.807, 2.05) is 6.92 Å². The van der Waals surface area contributed by atoms with Gasteiger partial charge in [-0.25, -0.2) is 0 Å². The lowest BCUT2D eigenvalue weighted by molar-refractivity contribution is -0.140. The molecule has 0 radical (unpaired) electrons. The van der Waals surface area contributed by atoms with Gasteiger partial charge in [0.05, 0.1) is 13.2 Å². The van der Waals surface area contributed by atoms with Crippen LogP contribution in [0.3, 0.4) is 0 Å². The van der Waals surface area contributed by atoms with Crippen LogP contribution >= 0.6 is 0 Å². The second-order valence-corrected chi connectivity index (χ2v) is 8.22. The van der Waals surface area contributed by atoms with Crippen molar-refractivity contribution in [2.75, 3.05) is 13.2 Å². The van der Waals surface area contributed by atoms with Crippen LogP contribution in [0.15, 0.2) is 0 Å². The highest BCUT2D eigenvalue weighted by molar-refractivity contribution is 6.70. The first-order valence-electron chi connectivity index (χ1n) is 5.78. The monoisotopic (exact) mass is 260 g/mol. The Hall–Kier alpha value is -0.883. The van der Waals surface area contributed by atoms with E-state index in [-0.39, 0.29) is 17.4 Å². The van der Waals surface area contributed by atoms with Gasteiger partial charge in [-0.15, -0.1) is 0 Å². The third kappa shape index (κ3) is 3.81. The molecule has 0 unspecified atom stereocenters. The molecule has 0 spiro atoms. The molecule has 0 aromatic rings. The molecule has 1 saturated heterocycles. The summed E-state index contributed by atoms with van der Waals surface area (Å²) in [7, 11) is -2.78. The molecule has 0 atom stereocenters. The fraction of sp³-hybridized carbons (Fsp3) is 0.818. The summed E-state index contributed by atoms with van der Waals surface area (Å²) in [4.78, 5) is 22.4. The predicted molar refractivity (Wildman–Crippen MR) is 63.5 cm³/mol. The largest absolute Gasteiger partial charge is 0.485 e. The maximum Gasteiger partial charge on any atom is 0.464 e. The van der Waals surface area contributed by atoms with Crippen LogP contribution in [-0.2, 0) is 23.2 Å². The summed E-state index contributed by atoms with van der Waals surface area (Å²) in [6, 6.07) is 1.18. The van der Waals surface area contributed by atoms with Gasteiger partial charge in [-0.05, 0) is 0 Å². The van der Waals surface area contributed by atoms with E-state index in [9.17, 15) is 9.59 Å². The van der Waals surface area contributed by atoms with Crippen LogP contribution < -0.4 is 0 Å². The van der Waals surface area contributed by atoms with Gasteiger partial charge in [-0.3, -0.25) is 9.59 Å². The molecule has 5 nitrogen and oxygen atoms in total. The van der Waals surface area contributed by atoms with Crippen molar-refractivity contribution < 1.29 is 23.2 Å². The van der Waals surface area contributed by atoms with Crippen LogP contribution in [0.25, 0.3) is 0 Å². The first kappa shape index (κ1) is 14.2. The molecule has 1 heterocycles. The first-order valence-corrected chi connectivity index (χ1v) is 8.01. The average molecular weight is 260 g/mol. The van der Waals surface area contributed by atoms with E-state index in [4.69, 9.17) is 13.6 Å². The predicted octanol–water partition coefficient (Wildman–Crippen LogP) is 1.61. The molecule has 1 rings (SSSR count). The van der Waals surface area contributed by atoms with Gasteiger partial charge in [0.25, 0.3) is 11.9 Å². The van der Waals surface area contributed by atoms with Gasteiger partial charge in [-0.2, -0.15) is 0 Å². The normalized spacial score (nSPS) is 18.1. The van der Waals surface area contributed by atoms with Crippen LogP contribution in [0.1, 0.15) is 27.7 Å². The van der Waals surface area contributed by atoms with Crippen molar-refractivity contribution >= 4 is 20.5 Å². The summed E-state index contributed by atoms with van der Waals surface area (Å²) in [6.45, 7) is 7.90. The molecule has 0 aromatic heterocycles. The number of carbonyl (C=O) groups is 2. The molecule has 6 heteroatoms. The molecular weight excluding hydrogens is 240 g/mol. The molecule has 0 N–H and O–H groups in total.